The zero-order valence-electron chi connectivity index (χ0n) is 11.3. The third-order valence-electron chi connectivity index (χ3n) is 4.39. The van der Waals surface area contributed by atoms with Crippen molar-refractivity contribution in [2.75, 3.05) is 13.2 Å². The molecule has 0 aromatic heterocycles. The van der Waals surface area contributed by atoms with Gasteiger partial charge >= 0.3 is 0 Å². The molecule has 3 rings (SSSR count). The average Bonchev–Trinajstić information content (AvgIpc) is 2.91. The predicted molar refractivity (Wildman–Crippen MR) is 69.3 cm³/mol. The molecule has 1 heterocycles. The second-order valence-corrected chi connectivity index (χ2v) is 5.60. The molecule has 2 N–H and O–H groups in total. The molecule has 110 valence electrons. The van der Waals surface area contributed by atoms with E-state index in [4.69, 9.17) is 9.47 Å². The fourth-order valence-electron chi connectivity index (χ4n) is 3.25. The molecule has 0 radical (unpaired) electrons. The van der Waals surface area contributed by atoms with Crippen LogP contribution in [0.3, 0.4) is 0 Å². The number of rotatable bonds is 2. The van der Waals surface area contributed by atoms with E-state index in [-0.39, 0.29) is 6.61 Å². The molecule has 1 saturated carbocycles. The number of ether oxygens (including phenoxy) is 2. The van der Waals surface area contributed by atoms with Gasteiger partial charge in [-0.05, 0) is 36.1 Å². The first-order valence-corrected chi connectivity index (χ1v) is 6.97. The second-order valence-electron chi connectivity index (χ2n) is 5.60. The van der Waals surface area contributed by atoms with Crippen molar-refractivity contribution >= 4 is 0 Å². The molecule has 4 nitrogen and oxygen atoms in total. The van der Waals surface area contributed by atoms with Gasteiger partial charge in [0.15, 0.2) is 5.79 Å². The first-order chi connectivity index (χ1) is 9.57. The molecule has 20 heavy (non-hydrogen) atoms. The average molecular weight is 282 g/mol. The van der Waals surface area contributed by atoms with E-state index in [0.29, 0.717) is 50.0 Å². The highest BCUT2D eigenvalue weighted by Crippen LogP contribution is 2.45. The fourth-order valence-corrected chi connectivity index (χ4v) is 3.25. The van der Waals surface area contributed by atoms with Crippen LogP contribution in [0.1, 0.15) is 36.8 Å². The first-order valence-electron chi connectivity index (χ1n) is 6.97. The standard InChI is InChI=1S/C15H19FO4/c16-12-1-2-13(11(9-12)10-17)14(18)3-5-15(6-4-14)19-7-8-20-15/h1-2,9,17-18H,3-8,10H2. The summed E-state index contributed by atoms with van der Waals surface area (Å²) in [5, 5.41) is 20.2. The molecule has 5 heteroatoms. The van der Waals surface area contributed by atoms with Gasteiger partial charge in [0.05, 0.1) is 25.4 Å². The lowest BCUT2D eigenvalue weighted by molar-refractivity contribution is -0.204. The molecular weight excluding hydrogens is 263 g/mol. The Morgan fingerprint density at radius 3 is 2.35 bits per heavy atom. The molecule has 0 atom stereocenters. The molecule has 1 aliphatic carbocycles. The smallest absolute Gasteiger partial charge is 0.168 e. The van der Waals surface area contributed by atoms with Crippen LogP contribution in [-0.4, -0.2) is 29.2 Å². The van der Waals surface area contributed by atoms with E-state index in [1.807, 2.05) is 0 Å². The van der Waals surface area contributed by atoms with Gasteiger partial charge in [0.2, 0.25) is 0 Å². The Balaban J connectivity index is 1.83. The summed E-state index contributed by atoms with van der Waals surface area (Å²) in [7, 11) is 0. The minimum Gasteiger partial charge on any atom is -0.392 e. The number of halogens is 1. The van der Waals surface area contributed by atoms with Crippen LogP contribution in [0.15, 0.2) is 18.2 Å². The van der Waals surface area contributed by atoms with Crippen molar-refractivity contribution in [3.8, 4) is 0 Å². The molecule has 1 aliphatic heterocycles. The van der Waals surface area contributed by atoms with Gasteiger partial charge in [-0.15, -0.1) is 0 Å². The van der Waals surface area contributed by atoms with Gasteiger partial charge < -0.3 is 19.7 Å². The van der Waals surface area contributed by atoms with E-state index in [1.54, 1.807) is 6.07 Å². The van der Waals surface area contributed by atoms with E-state index >= 15 is 0 Å². The van der Waals surface area contributed by atoms with Crippen molar-refractivity contribution < 1.29 is 24.1 Å². The number of aliphatic hydroxyl groups excluding tert-OH is 1. The number of benzene rings is 1. The molecule has 0 unspecified atom stereocenters. The minimum absolute atomic E-state index is 0.284. The van der Waals surface area contributed by atoms with E-state index in [0.717, 1.165) is 0 Å². The van der Waals surface area contributed by atoms with Crippen LogP contribution in [-0.2, 0) is 21.7 Å². The first kappa shape index (κ1) is 13.9. The third kappa shape index (κ3) is 2.35. The van der Waals surface area contributed by atoms with Crippen molar-refractivity contribution in [3.05, 3.63) is 35.1 Å². The Morgan fingerprint density at radius 2 is 1.75 bits per heavy atom. The van der Waals surface area contributed by atoms with Gasteiger partial charge in [0.1, 0.15) is 5.82 Å². The topological polar surface area (TPSA) is 58.9 Å². The van der Waals surface area contributed by atoms with Gasteiger partial charge in [-0.25, -0.2) is 4.39 Å². The molecule has 2 fully saturated rings. The maximum absolute atomic E-state index is 13.2. The molecule has 1 saturated heterocycles. The van der Waals surface area contributed by atoms with Crippen LogP contribution < -0.4 is 0 Å². The molecule has 0 amide bonds. The van der Waals surface area contributed by atoms with Crippen molar-refractivity contribution in [1.29, 1.82) is 0 Å². The van der Waals surface area contributed by atoms with Gasteiger partial charge in [0, 0.05) is 12.8 Å². The van der Waals surface area contributed by atoms with Gasteiger partial charge in [-0.3, -0.25) is 0 Å². The van der Waals surface area contributed by atoms with Crippen LogP contribution in [0.5, 0.6) is 0 Å². The SMILES string of the molecule is OCc1cc(F)ccc1C1(O)CCC2(CC1)OCCO2. The largest absolute Gasteiger partial charge is 0.392 e. The highest BCUT2D eigenvalue weighted by Gasteiger charge is 2.46. The molecule has 0 bridgehead atoms. The maximum atomic E-state index is 13.2. The third-order valence-corrected chi connectivity index (χ3v) is 4.39. The lowest BCUT2D eigenvalue weighted by atomic mass is 9.75. The number of hydrogen-bond donors (Lipinski definition) is 2. The summed E-state index contributed by atoms with van der Waals surface area (Å²) in [6.45, 7) is 0.904. The molecule has 1 aromatic rings. The second kappa shape index (κ2) is 5.07. The van der Waals surface area contributed by atoms with Crippen molar-refractivity contribution in [1.82, 2.24) is 0 Å². The molecule has 1 aromatic carbocycles. The molecular formula is C15H19FO4. The Hall–Kier alpha value is -1.01. The van der Waals surface area contributed by atoms with Crippen molar-refractivity contribution in [3.63, 3.8) is 0 Å². The highest BCUT2D eigenvalue weighted by atomic mass is 19.1. The predicted octanol–water partition coefficient (Wildman–Crippen LogP) is 1.82. The fraction of sp³-hybridized carbons (Fsp3) is 0.600. The quantitative estimate of drug-likeness (QED) is 0.868. The summed E-state index contributed by atoms with van der Waals surface area (Å²) in [4.78, 5) is 0. The van der Waals surface area contributed by atoms with Crippen LogP contribution >= 0.6 is 0 Å². The minimum atomic E-state index is -1.05. The summed E-state index contributed by atoms with van der Waals surface area (Å²) in [5.41, 5.74) is -0.00210. The van der Waals surface area contributed by atoms with E-state index in [1.165, 1.54) is 12.1 Å². The lowest BCUT2D eigenvalue weighted by Gasteiger charge is -2.41. The van der Waals surface area contributed by atoms with Gasteiger partial charge in [-0.2, -0.15) is 0 Å². The van der Waals surface area contributed by atoms with Crippen LogP contribution in [0.4, 0.5) is 4.39 Å². The van der Waals surface area contributed by atoms with Crippen molar-refractivity contribution in [2.24, 2.45) is 0 Å². The summed E-state index contributed by atoms with van der Waals surface area (Å²) in [5.74, 6) is -0.956. The van der Waals surface area contributed by atoms with E-state index < -0.39 is 17.2 Å². The Labute approximate surface area is 117 Å². The Morgan fingerprint density at radius 1 is 1.10 bits per heavy atom. The zero-order valence-corrected chi connectivity index (χ0v) is 11.3. The summed E-state index contributed by atoms with van der Waals surface area (Å²) in [6.07, 6.45) is 2.16. The van der Waals surface area contributed by atoms with Gasteiger partial charge in [0.25, 0.3) is 0 Å². The maximum Gasteiger partial charge on any atom is 0.168 e. The highest BCUT2D eigenvalue weighted by molar-refractivity contribution is 5.33. The molecule has 2 aliphatic rings. The monoisotopic (exact) mass is 282 g/mol. The van der Waals surface area contributed by atoms with Crippen LogP contribution in [0.2, 0.25) is 0 Å². The van der Waals surface area contributed by atoms with Crippen LogP contribution in [0.25, 0.3) is 0 Å². The zero-order chi connectivity index (χ0) is 14.2. The summed E-state index contributed by atoms with van der Waals surface area (Å²) in [6, 6.07) is 4.16. The summed E-state index contributed by atoms with van der Waals surface area (Å²) < 4.78 is 24.5. The number of hydrogen-bond acceptors (Lipinski definition) is 4. The molecule has 1 spiro atoms. The lowest BCUT2D eigenvalue weighted by Crippen LogP contribution is -2.42. The number of aliphatic hydroxyl groups is 2. The Kier molecular flexibility index (Phi) is 3.54. The van der Waals surface area contributed by atoms with Crippen LogP contribution in [0, 0.1) is 5.82 Å². The Bertz CT molecular complexity index is 487. The van der Waals surface area contributed by atoms with E-state index in [2.05, 4.69) is 0 Å². The van der Waals surface area contributed by atoms with Gasteiger partial charge in [-0.1, -0.05) is 6.07 Å². The van der Waals surface area contributed by atoms with Crippen molar-refractivity contribution in [2.45, 2.75) is 43.7 Å². The van der Waals surface area contributed by atoms with E-state index in [9.17, 15) is 14.6 Å². The summed E-state index contributed by atoms with van der Waals surface area (Å²) >= 11 is 0. The normalized spacial score (nSPS) is 24.1.